The van der Waals surface area contributed by atoms with E-state index in [2.05, 4.69) is 4.98 Å². The maximum Gasteiger partial charge on any atom is 0.309 e. The molecule has 2 aliphatic rings. The van der Waals surface area contributed by atoms with E-state index in [1.807, 2.05) is 19.2 Å². The molecule has 0 spiro atoms. The fourth-order valence-electron chi connectivity index (χ4n) is 4.83. The van der Waals surface area contributed by atoms with Gasteiger partial charge in [0.1, 0.15) is 11.9 Å². The second kappa shape index (κ2) is 11.6. The molecule has 2 saturated heterocycles. The van der Waals surface area contributed by atoms with Crippen LogP contribution in [-0.4, -0.2) is 69.2 Å². The number of ether oxygens (including phenoxy) is 2. The second-order valence-corrected chi connectivity index (χ2v) is 11.7. The van der Waals surface area contributed by atoms with Crippen LogP contribution in [0.15, 0.2) is 11.0 Å². The molecular weight excluding hydrogens is 470 g/mol. The van der Waals surface area contributed by atoms with Crippen molar-refractivity contribution >= 4 is 29.2 Å². The van der Waals surface area contributed by atoms with Crippen LogP contribution < -0.4 is 0 Å². The number of aryl methyl sites for hydroxylation is 1. The molecule has 1 unspecified atom stereocenters. The van der Waals surface area contributed by atoms with Gasteiger partial charge in [0.15, 0.2) is 0 Å². The monoisotopic (exact) mass is 509 g/mol. The van der Waals surface area contributed by atoms with Crippen molar-refractivity contribution < 1.29 is 34.4 Å². The number of rotatable bonds is 3. The molecule has 196 valence electrons. The second-order valence-electron chi connectivity index (χ2n) is 10.6. The predicted octanol–water partition coefficient (Wildman–Crippen LogP) is 3.06. The molecule has 35 heavy (non-hydrogen) atoms. The molecular formula is C26H39NO7S. The smallest absolute Gasteiger partial charge is 0.309 e. The summed E-state index contributed by atoms with van der Waals surface area (Å²) < 4.78 is 11.6. The highest BCUT2D eigenvalue weighted by atomic mass is 32.1. The van der Waals surface area contributed by atoms with Gasteiger partial charge in [-0.25, -0.2) is 4.98 Å². The van der Waals surface area contributed by atoms with Crippen LogP contribution in [0.4, 0.5) is 0 Å². The van der Waals surface area contributed by atoms with Gasteiger partial charge in [-0.3, -0.25) is 9.59 Å². The molecule has 0 amide bonds. The minimum absolute atomic E-state index is 0.0264. The molecule has 3 N–H and O–H groups in total. The van der Waals surface area contributed by atoms with Gasteiger partial charge in [0.25, 0.3) is 0 Å². The number of esters is 1. The molecule has 1 aromatic heterocycles. The molecule has 7 atom stereocenters. The maximum atomic E-state index is 13.2. The van der Waals surface area contributed by atoms with Crippen LogP contribution in [0.1, 0.15) is 70.5 Å². The van der Waals surface area contributed by atoms with Crippen LogP contribution in [0, 0.1) is 24.2 Å². The van der Waals surface area contributed by atoms with Crippen molar-refractivity contribution in [3.05, 3.63) is 21.7 Å². The van der Waals surface area contributed by atoms with Gasteiger partial charge in [-0.1, -0.05) is 34.1 Å². The van der Waals surface area contributed by atoms with Crippen LogP contribution in [0.5, 0.6) is 0 Å². The van der Waals surface area contributed by atoms with Gasteiger partial charge in [-0.05, 0) is 37.3 Å². The fraction of sp³-hybridized carbons (Fsp3) is 0.731. The Morgan fingerprint density at radius 3 is 2.57 bits per heavy atom. The molecule has 0 saturated carbocycles. The Kier molecular flexibility index (Phi) is 9.26. The van der Waals surface area contributed by atoms with Crippen molar-refractivity contribution in [1.29, 1.82) is 0 Å². The van der Waals surface area contributed by atoms with Crippen LogP contribution in [-0.2, 0) is 19.1 Å². The van der Waals surface area contributed by atoms with Crippen molar-refractivity contribution in [3.63, 3.8) is 0 Å². The number of carbonyl (C=O) groups excluding carboxylic acids is 2. The van der Waals surface area contributed by atoms with Crippen LogP contribution in [0.3, 0.4) is 0 Å². The average Bonchev–Trinajstić information content (AvgIpc) is 3.41. The highest BCUT2D eigenvalue weighted by Gasteiger charge is 2.44. The zero-order valence-electron chi connectivity index (χ0n) is 21.3. The predicted molar refractivity (Wildman–Crippen MR) is 133 cm³/mol. The number of aliphatic hydroxyl groups excluding tert-OH is 3. The number of nitrogens with zero attached hydrogens (tertiary/aromatic N) is 1. The summed E-state index contributed by atoms with van der Waals surface area (Å²) in [6.07, 6.45) is 1.20. The number of cyclic esters (lactones) is 1. The van der Waals surface area contributed by atoms with Crippen molar-refractivity contribution in [2.75, 3.05) is 6.61 Å². The Morgan fingerprint density at radius 2 is 1.94 bits per heavy atom. The quantitative estimate of drug-likeness (QED) is 0.419. The molecule has 0 aromatic carbocycles. The van der Waals surface area contributed by atoms with Gasteiger partial charge in [-0.15, -0.1) is 11.3 Å². The summed E-state index contributed by atoms with van der Waals surface area (Å²) in [5, 5.41) is 34.4. The summed E-state index contributed by atoms with van der Waals surface area (Å²) >= 11 is 1.49. The normalized spacial score (nSPS) is 35.3. The van der Waals surface area contributed by atoms with Crippen molar-refractivity contribution in [2.24, 2.45) is 17.3 Å². The molecule has 9 heteroatoms. The van der Waals surface area contributed by atoms with Crippen LogP contribution in [0.2, 0.25) is 0 Å². The van der Waals surface area contributed by atoms with Crippen molar-refractivity contribution in [2.45, 2.75) is 97.2 Å². The number of aliphatic hydroxyl groups is 3. The molecule has 1 aromatic rings. The van der Waals surface area contributed by atoms with Crippen LogP contribution in [0.25, 0.3) is 6.08 Å². The van der Waals surface area contributed by atoms with Gasteiger partial charge in [0.2, 0.25) is 0 Å². The first kappa shape index (κ1) is 27.9. The number of hydrogen-bond donors (Lipinski definition) is 3. The van der Waals surface area contributed by atoms with E-state index in [0.29, 0.717) is 17.7 Å². The van der Waals surface area contributed by atoms with E-state index in [9.17, 15) is 24.9 Å². The lowest BCUT2D eigenvalue weighted by molar-refractivity contribution is -0.154. The highest BCUT2D eigenvalue weighted by molar-refractivity contribution is 7.09. The molecule has 0 bridgehead atoms. The van der Waals surface area contributed by atoms with E-state index < -0.39 is 35.6 Å². The summed E-state index contributed by atoms with van der Waals surface area (Å²) in [6.45, 7) is 8.36. The highest BCUT2D eigenvalue weighted by Crippen LogP contribution is 2.36. The Bertz CT molecular complexity index is 927. The molecule has 3 rings (SSSR count). The number of Topliss-reactive ketones (excluding diaryl/α,β-unsaturated/α-hetero) is 1. The van der Waals surface area contributed by atoms with E-state index in [0.717, 1.165) is 24.3 Å². The molecule has 3 heterocycles. The number of hydrogen-bond acceptors (Lipinski definition) is 9. The molecule has 0 aliphatic carbocycles. The third-order valence-electron chi connectivity index (χ3n) is 7.46. The first-order valence-corrected chi connectivity index (χ1v) is 13.3. The maximum absolute atomic E-state index is 13.2. The average molecular weight is 510 g/mol. The first-order valence-electron chi connectivity index (χ1n) is 12.4. The molecule has 0 radical (unpaired) electrons. The molecule has 8 nitrogen and oxygen atoms in total. The number of fused-ring (bicyclic) bond motifs is 1. The lowest BCUT2D eigenvalue weighted by atomic mass is 9.73. The minimum Gasteiger partial charge on any atom is -0.458 e. The lowest BCUT2D eigenvalue weighted by Crippen LogP contribution is -2.45. The zero-order chi connectivity index (χ0) is 25.9. The summed E-state index contributed by atoms with van der Waals surface area (Å²) in [4.78, 5) is 30.5. The largest absolute Gasteiger partial charge is 0.458 e. The minimum atomic E-state index is -1.28. The summed E-state index contributed by atoms with van der Waals surface area (Å²) in [5.74, 6) is -1.72. The Labute approximate surface area is 211 Å². The summed E-state index contributed by atoms with van der Waals surface area (Å²) in [7, 11) is 0. The van der Waals surface area contributed by atoms with Gasteiger partial charge < -0.3 is 24.8 Å². The van der Waals surface area contributed by atoms with Crippen LogP contribution >= 0.6 is 11.3 Å². The van der Waals surface area contributed by atoms with Gasteiger partial charge in [0.05, 0.1) is 53.6 Å². The van der Waals surface area contributed by atoms with E-state index in [-0.39, 0.29) is 36.9 Å². The number of ketones is 1. The van der Waals surface area contributed by atoms with E-state index >= 15 is 0 Å². The summed E-state index contributed by atoms with van der Waals surface area (Å²) in [6, 6.07) is 0. The van der Waals surface area contributed by atoms with E-state index in [1.165, 1.54) is 11.3 Å². The third-order valence-corrected chi connectivity index (χ3v) is 8.25. The van der Waals surface area contributed by atoms with Crippen molar-refractivity contribution in [3.8, 4) is 0 Å². The number of thiazole rings is 1. The number of carbonyl (C=O) groups is 2. The SMILES string of the molecule is Cc1nc(/C=C(\CO)[C@@H]2C[C@@H]3O[C@@H]3CCC[C@H](C)C(O)[C@@H](C)C(=O)C(C)(C)[C@@H](O)CC(=O)O2)cs1. The Hall–Kier alpha value is -1.65. The zero-order valence-corrected chi connectivity index (χ0v) is 22.1. The topological polar surface area (TPSA) is 129 Å². The van der Waals surface area contributed by atoms with E-state index in [1.54, 1.807) is 26.8 Å². The van der Waals surface area contributed by atoms with Crippen molar-refractivity contribution in [1.82, 2.24) is 4.98 Å². The Morgan fingerprint density at radius 1 is 1.23 bits per heavy atom. The number of epoxide rings is 1. The Balaban J connectivity index is 1.85. The van der Waals surface area contributed by atoms with E-state index in [4.69, 9.17) is 9.47 Å². The number of aromatic nitrogens is 1. The fourth-order valence-corrected chi connectivity index (χ4v) is 5.40. The molecule has 2 aliphatic heterocycles. The standard InChI is InChI=1S/C26H39NO7S/c1-14-7-6-8-19-21(33-19)10-20(17(12-28)9-18-13-35-16(3)27-18)34-23(30)11-22(29)26(4,5)25(32)15(2)24(14)31/h9,13-15,19-22,24,28-29,31H,6-8,10-12H2,1-5H3/b17-9+/t14-,15+,19+,20-,21-,22-,24?/m0/s1. The molecule has 2 fully saturated rings. The van der Waals surface area contributed by atoms with Gasteiger partial charge in [-0.2, -0.15) is 0 Å². The lowest BCUT2D eigenvalue weighted by Gasteiger charge is -2.34. The third kappa shape index (κ3) is 6.98. The summed E-state index contributed by atoms with van der Waals surface area (Å²) in [5.41, 5.74) is -0.0556. The first-order chi connectivity index (χ1) is 16.4. The van der Waals surface area contributed by atoms with Gasteiger partial charge in [0, 0.05) is 17.7 Å². The van der Waals surface area contributed by atoms with Gasteiger partial charge >= 0.3 is 5.97 Å².